The Labute approximate surface area is 127 Å². The van der Waals surface area contributed by atoms with E-state index in [0.717, 1.165) is 31.9 Å². The molecule has 4 nitrogen and oxygen atoms in total. The molecule has 1 unspecified atom stereocenters. The van der Waals surface area contributed by atoms with Gasteiger partial charge < -0.3 is 15.2 Å². The van der Waals surface area contributed by atoms with E-state index >= 15 is 0 Å². The fourth-order valence-electron chi connectivity index (χ4n) is 2.53. The lowest BCUT2D eigenvalue weighted by molar-refractivity contribution is 0.0525. The van der Waals surface area contributed by atoms with Crippen LogP contribution in [0.1, 0.15) is 12.0 Å². The summed E-state index contributed by atoms with van der Waals surface area (Å²) in [5.74, 6) is 0.651. The maximum Gasteiger partial charge on any atom is 0.0700 e. The number of anilines is 1. The normalized spacial score (nSPS) is 18.9. The lowest BCUT2D eigenvalue weighted by Crippen LogP contribution is -2.21. The molecule has 1 saturated heterocycles. The molecule has 0 saturated carbocycles. The molecule has 1 aromatic rings. The topological polar surface area (TPSA) is 47.7 Å². The molecule has 0 aliphatic carbocycles. The molecule has 1 fully saturated rings. The minimum Gasteiger partial charge on any atom is -0.399 e. The van der Waals surface area contributed by atoms with Crippen molar-refractivity contribution in [1.82, 2.24) is 4.90 Å². The first-order chi connectivity index (χ1) is 9.28. The van der Waals surface area contributed by atoms with E-state index in [9.17, 15) is 0 Å². The van der Waals surface area contributed by atoms with E-state index in [1.54, 1.807) is 7.11 Å². The highest BCUT2D eigenvalue weighted by Crippen LogP contribution is 2.19. The van der Waals surface area contributed by atoms with Crippen molar-refractivity contribution in [3.8, 4) is 0 Å². The summed E-state index contributed by atoms with van der Waals surface area (Å²) in [6, 6.07) is 8.15. The number of halogens is 1. The van der Waals surface area contributed by atoms with Gasteiger partial charge in [-0.05, 0) is 36.6 Å². The number of nitrogen functional groups attached to an aromatic ring is 1. The number of benzene rings is 1. The average molecular weight is 301 g/mol. The zero-order valence-electron chi connectivity index (χ0n) is 12.1. The number of hydrogen-bond donors (Lipinski definition) is 1. The van der Waals surface area contributed by atoms with Crippen LogP contribution in [-0.4, -0.2) is 44.9 Å². The van der Waals surface area contributed by atoms with Crippen molar-refractivity contribution < 1.29 is 9.47 Å². The molecule has 0 aromatic heterocycles. The average Bonchev–Trinajstić information content (AvgIpc) is 2.82. The molecule has 1 aliphatic heterocycles. The second-order valence-electron chi connectivity index (χ2n) is 5.20. The van der Waals surface area contributed by atoms with E-state index in [1.165, 1.54) is 12.0 Å². The summed E-state index contributed by atoms with van der Waals surface area (Å²) in [7, 11) is 1.70. The summed E-state index contributed by atoms with van der Waals surface area (Å²) < 4.78 is 10.6. The Morgan fingerprint density at radius 3 is 2.95 bits per heavy atom. The maximum absolute atomic E-state index is 5.80. The van der Waals surface area contributed by atoms with Gasteiger partial charge in [-0.25, -0.2) is 0 Å². The molecule has 20 heavy (non-hydrogen) atoms. The van der Waals surface area contributed by atoms with Crippen LogP contribution in [0.5, 0.6) is 0 Å². The van der Waals surface area contributed by atoms with Crippen LogP contribution < -0.4 is 5.73 Å². The van der Waals surface area contributed by atoms with Gasteiger partial charge in [0.15, 0.2) is 0 Å². The predicted molar refractivity (Wildman–Crippen MR) is 84.2 cm³/mol. The molecule has 0 spiro atoms. The second kappa shape index (κ2) is 9.19. The van der Waals surface area contributed by atoms with Crippen LogP contribution in [-0.2, 0) is 16.0 Å². The molecule has 1 aliphatic rings. The van der Waals surface area contributed by atoms with Crippen LogP contribution >= 0.6 is 12.4 Å². The van der Waals surface area contributed by atoms with Crippen LogP contribution in [0.2, 0.25) is 0 Å². The molecule has 0 bridgehead atoms. The summed E-state index contributed by atoms with van der Waals surface area (Å²) in [5, 5.41) is 0. The molecule has 0 amide bonds. The van der Waals surface area contributed by atoms with Crippen molar-refractivity contribution in [2.75, 3.05) is 45.8 Å². The first kappa shape index (κ1) is 17.2. The van der Waals surface area contributed by atoms with E-state index < -0.39 is 0 Å². The fourth-order valence-corrected chi connectivity index (χ4v) is 2.53. The summed E-state index contributed by atoms with van der Waals surface area (Å²) >= 11 is 0. The van der Waals surface area contributed by atoms with Crippen molar-refractivity contribution in [2.24, 2.45) is 5.92 Å². The van der Waals surface area contributed by atoms with Crippen LogP contribution in [0.15, 0.2) is 24.3 Å². The van der Waals surface area contributed by atoms with Crippen molar-refractivity contribution in [3.05, 3.63) is 29.8 Å². The van der Waals surface area contributed by atoms with E-state index in [2.05, 4.69) is 17.0 Å². The van der Waals surface area contributed by atoms with E-state index in [1.807, 2.05) is 12.1 Å². The van der Waals surface area contributed by atoms with Crippen LogP contribution in [0.4, 0.5) is 5.69 Å². The van der Waals surface area contributed by atoms with Crippen molar-refractivity contribution in [3.63, 3.8) is 0 Å². The highest BCUT2D eigenvalue weighted by atomic mass is 35.5. The predicted octanol–water partition coefficient (Wildman–Crippen LogP) is 2.18. The molecule has 1 atom stereocenters. The minimum absolute atomic E-state index is 0. The van der Waals surface area contributed by atoms with Gasteiger partial charge in [-0.15, -0.1) is 12.4 Å². The smallest absolute Gasteiger partial charge is 0.0700 e. The van der Waals surface area contributed by atoms with E-state index in [4.69, 9.17) is 15.2 Å². The van der Waals surface area contributed by atoms with Gasteiger partial charge in [-0.2, -0.15) is 0 Å². The Morgan fingerprint density at radius 1 is 1.35 bits per heavy atom. The lowest BCUT2D eigenvalue weighted by Gasteiger charge is -2.16. The van der Waals surface area contributed by atoms with Crippen molar-refractivity contribution in [1.29, 1.82) is 0 Å². The quantitative estimate of drug-likeness (QED) is 0.619. The van der Waals surface area contributed by atoms with Crippen LogP contribution in [0.3, 0.4) is 0 Å². The largest absolute Gasteiger partial charge is 0.399 e. The zero-order chi connectivity index (χ0) is 13.5. The Kier molecular flexibility index (Phi) is 7.92. The molecule has 5 heteroatoms. The number of nitrogens with two attached hydrogens (primary N) is 1. The molecular formula is C15H25ClN2O2. The van der Waals surface area contributed by atoms with Gasteiger partial charge in [0.05, 0.1) is 19.8 Å². The van der Waals surface area contributed by atoms with Gasteiger partial charge in [0, 0.05) is 25.9 Å². The summed E-state index contributed by atoms with van der Waals surface area (Å²) in [5.41, 5.74) is 7.94. The minimum atomic E-state index is 0. The summed E-state index contributed by atoms with van der Waals surface area (Å²) in [6.45, 7) is 5.47. The Balaban J connectivity index is 0.00000200. The molecule has 2 rings (SSSR count). The second-order valence-corrected chi connectivity index (χ2v) is 5.20. The van der Waals surface area contributed by atoms with Gasteiger partial charge in [0.25, 0.3) is 0 Å². The highest BCUT2D eigenvalue weighted by Gasteiger charge is 2.22. The molecule has 2 N–H and O–H groups in total. The molecule has 1 aromatic carbocycles. The fraction of sp³-hybridized carbons (Fsp3) is 0.600. The van der Waals surface area contributed by atoms with Crippen LogP contribution in [0, 0.1) is 5.92 Å². The van der Waals surface area contributed by atoms with Gasteiger partial charge in [-0.3, -0.25) is 4.90 Å². The molecule has 1 heterocycles. The zero-order valence-corrected chi connectivity index (χ0v) is 12.9. The Hall–Kier alpha value is -0.810. The number of likely N-dealkylation sites (tertiary alicyclic amines) is 1. The van der Waals surface area contributed by atoms with Gasteiger partial charge in [0.1, 0.15) is 0 Å². The van der Waals surface area contributed by atoms with E-state index in [0.29, 0.717) is 19.1 Å². The van der Waals surface area contributed by atoms with Gasteiger partial charge >= 0.3 is 0 Å². The highest BCUT2D eigenvalue weighted by molar-refractivity contribution is 5.85. The Morgan fingerprint density at radius 2 is 2.20 bits per heavy atom. The molecular weight excluding hydrogens is 276 g/mol. The number of methoxy groups -OCH3 is 1. The third-order valence-corrected chi connectivity index (χ3v) is 3.51. The Bertz CT molecular complexity index is 390. The SMILES string of the molecule is COCCOCC1CCN(Cc2cccc(N)c2)C1.Cl. The monoisotopic (exact) mass is 300 g/mol. The number of rotatable bonds is 7. The molecule has 0 radical (unpaired) electrons. The van der Waals surface area contributed by atoms with Gasteiger partial charge in [0.2, 0.25) is 0 Å². The third kappa shape index (κ3) is 5.67. The van der Waals surface area contributed by atoms with Crippen LogP contribution in [0.25, 0.3) is 0 Å². The van der Waals surface area contributed by atoms with E-state index in [-0.39, 0.29) is 12.4 Å². The summed E-state index contributed by atoms with van der Waals surface area (Å²) in [4.78, 5) is 2.47. The first-order valence-corrected chi connectivity index (χ1v) is 6.91. The summed E-state index contributed by atoms with van der Waals surface area (Å²) in [6.07, 6.45) is 1.22. The third-order valence-electron chi connectivity index (χ3n) is 3.51. The van der Waals surface area contributed by atoms with Crippen molar-refractivity contribution in [2.45, 2.75) is 13.0 Å². The number of nitrogens with zero attached hydrogens (tertiary/aromatic N) is 1. The number of ether oxygens (including phenoxy) is 2. The first-order valence-electron chi connectivity index (χ1n) is 6.91. The lowest BCUT2D eigenvalue weighted by atomic mass is 10.1. The maximum atomic E-state index is 5.80. The number of hydrogen-bond acceptors (Lipinski definition) is 4. The van der Waals surface area contributed by atoms with Crippen molar-refractivity contribution >= 4 is 18.1 Å². The van der Waals surface area contributed by atoms with Gasteiger partial charge in [-0.1, -0.05) is 12.1 Å². The standard InChI is InChI=1S/C15H24N2O2.ClH/c1-18-7-8-19-12-14-5-6-17(11-14)10-13-3-2-4-15(16)9-13;/h2-4,9,14H,5-8,10-12,16H2,1H3;1H. The molecule has 114 valence electrons.